The van der Waals surface area contributed by atoms with E-state index in [1.54, 1.807) is 0 Å². The van der Waals surface area contributed by atoms with Crippen LogP contribution in [0, 0.1) is 0 Å². The van der Waals surface area contributed by atoms with Gasteiger partial charge in [0.05, 0.1) is 26.4 Å². The van der Waals surface area contributed by atoms with Crippen LogP contribution in [0.1, 0.15) is 13.8 Å². The molecule has 2 atom stereocenters. The largest absolute Gasteiger partial charge is 0.472 e. The molecule has 0 rings (SSSR count). The molecule has 0 heterocycles. The van der Waals surface area contributed by atoms with Crippen LogP contribution < -0.4 is 0 Å². The van der Waals surface area contributed by atoms with Gasteiger partial charge in [0.25, 0.3) is 0 Å². The maximum atomic E-state index is 11.0. The summed E-state index contributed by atoms with van der Waals surface area (Å²) in [5.74, 6) is 0. The standard InChI is InChI=1S/C6H16O8P2/c1-3-11-15(7,8)13-5-6-14-16(9,10)12-4-2/h3-6H2,1-2H3,(H,7,8)(H,9,10). The van der Waals surface area contributed by atoms with Crippen molar-refractivity contribution in [1.29, 1.82) is 0 Å². The van der Waals surface area contributed by atoms with Crippen molar-refractivity contribution in [3.05, 3.63) is 0 Å². The van der Waals surface area contributed by atoms with Gasteiger partial charge < -0.3 is 9.79 Å². The van der Waals surface area contributed by atoms with Crippen LogP contribution in [0.25, 0.3) is 0 Å². The van der Waals surface area contributed by atoms with Gasteiger partial charge in [-0.1, -0.05) is 0 Å². The van der Waals surface area contributed by atoms with E-state index in [-0.39, 0.29) is 26.4 Å². The van der Waals surface area contributed by atoms with Crippen molar-refractivity contribution in [2.45, 2.75) is 13.8 Å². The second kappa shape index (κ2) is 7.53. The maximum Gasteiger partial charge on any atom is 0.472 e. The minimum Gasteiger partial charge on any atom is -0.302 e. The molecule has 0 aliphatic heterocycles. The zero-order valence-electron chi connectivity index (χ0n) is 9.07. The van der Waals surface area contributed by atoms with Gasteiger partial charge in [0.2, 0.25) is 0 Å². The number of hydrogen-bond acceptors (Lipinski definition) is 6. The van der Waals surface area contributed by atoms with E-state index in [4.69, 9.17) is 9.79 Å². The quantitative estimate of drug-likeness (QED) is 0.479. The Bertz CT molecular complexity index is 252. The van der Waals surface area contributed by atoms with E-state index in [2.05, 4.69) is 18.1 Å². The number of phosphoric acid groups is 2. The molecular weight excluding hydrogens is 262 g/mol. The summed E-state index contributed by atoms with van der Waals surface area (Å²) in [6.45, 7) is 2.38. The minimum atomic E-state index is -4.08. The molecule has 2 N–H and O–H groups in total. The van der Waals surface area contributed by atoms with E-state index in [0.29, 0.717) is 0 Å². The van der Waals surface area contributed by atoms with Crippen LogP contribution in [-0.2, 0) is 27.2 Å². The maximum absolute atomic E-state index is 11.0. The van der Waals surface area contributed by atoms with Crippen molar-refractivity contribution in [2.24, 2.45) is 0 Å². The molecule has 0 aromatic carbocycles. The van der Waals surface area contributed by atoms with Gasteiger partial charge >= 0.3 is 15.6 Å². The predicted octanol–water partition coefficient (Wildman–Crippen LogP) is 1.29. The third-order valence-electron chi connectivity index (χ3n) is 1.18. The second-order valence-electron chi connectivity index (χ2n) is 2.44. The van der Waals surface area contributed by atoms with Crippen molar-refractivity contribution >= 4 is 15.6 Å². The highest BCUT2D eigenvalue weighted by atomic mass is 31.2. The van der Waals surface area contributed by atoms with Crippen molar-refractivity contribution in [2.75, 3.05) is 26.4 Å². The first-order chi connectivity index (χ1) is 7.33. The zero-order chi connectivity index (χ0) is 12.7. The fourth-order valence-corrected chi connectivity index (χ4v) is 2.12. The van der Waals surface area contributed by atoms with Crippen LogP contribution in [0.5, 0.6) is 0 Å². The van der Waals surface area contributed by atoms with E-state index < -0.39 is 15.6 Å². The topological polar surface area (TPSA) is 112 Å². The summed E-state index contributed by atoms with van der Waals surface area (Å²) >= 11 is 0. The lowest BCUT2D eigenvalue weighted by molar-refractivity contribution is 0.106. The van der Waals surface area contributed by atoms with Crippen molar-refractivity contribution < 1.29 is 37.0 Å². The van der Waals surface area contributed by atoms with Gasteiger partial charge in [-0.2, -0.15) is 0 Å². The minimum absolute atomic E-state index is 0.0199. The molecule has 0 aromatic rings. The molecule has 2 unspecified atom stereocenters. The fraction of sp³-hybridized carbons (Fsp3) is 1.00. The van der Waals surface area contributed by atoms with Crippen LogP contribution in [0.4, 0.5) is 0 Å². The molecule has 0 saturated heterocycles. The van der Waals surface area contributed by atoms with Crippen LogP contribution >= 0.6 is 15.6 Å². The molecule has 0 fully saturated rings. The molecule has 0 radical (unpaired) electrons. The average Bonchev–Trinajstić information content (AvgIpc) is 2.12. The molecule has 8 nitrogen and oxygen atoms in total. The van der Waals surface area contributed by atoms with Crippen LogP contribution in [0.3, 0.4) is 0 Å². The Morgan fingerprint density at radius 2 is 1.12 bits per heavy atom. The number of phosphoric ester groups is 2. The van der Waals surface area contributed by atoms with E-state index in [0.717, 1.165) is 0 Å². The van der Waals surface area contributed by atoms with Gasteiger partial charge in [-0.05, 0) is 13.8 Å². The third kappa shape index (κ3) is 8.38. The summed E-state index contributed by atoms with van der Waals surface area (Å²) in [6.07, 6.45) is 0. The van der Waals surface area contributed by atoms with E-state index >= 15 is 0 Å². The highest BCUT2D eigenvalue weighted by molar-refractivity contribution is 7.47. The molecule has 98 valence electrons. The Kier molecular flexibility index (Phi) is 7.63. The smallest absolute Gasteiger partial charge is 0.302 e. The van der Waals surface area contributed by atoms with Gasteiger partial charge in [0.1, 0.15) is 0 Å². The molecular formula is C6H16O8P2. The summed E-state index contributed by atoms with van der Waals surface area (Å²) in [4.78, 5) is 17.9. The molecule has 0 aromatic heterocycles. The lowest BCUT2D eigenvalue weighted by Crippen LogP contribution is -2.04. The van der Waals surface area contributed by atoms with Gasteiger partial charge in [0.15, 0.2) is 0 Å². The highest BCUT2D eigenvalue weighted by Crippen LogP contribution is 2.45. The van der Waals surface area contributed by atoms with Gasteiger partial charge in [-0.25, -0.2) is 9.13 Å². The summed E-state index contributed by atoms with van der Waals surface area (Å²) in [7, 11) is -8.16. The van der Waals surface area contributed by atoms with Crippen LogP contribution in [-0.4, -0.2) is 36.2 Å². The molecule has 0 spiro atoms. The van der Waals surface area contributed by atoms with Crippen LogP contribution in [0.15, 0.2) is 0 Å². The third-order valence-corrected chi connectivity index (χ3v) is 3.36. The summed E-state index contributed by atoms with van der Waals surface area (Å²) in [5.41, 5.74) is 0. The first-order valence-corrected chi connectivity index (χ1v) is 7.56. The summed E-state index contributed by atoms with van der Waals surface area (Å²) < 4.78 is 39.5. The molecule has 0 aliphatic carbocycles. The van der Waals surface area contributed by atoms with Gasteiger partial charge in [-0.15, -0.1) is 0 Å². The van der Waals surface area contributed by atoms with Gasteiger partial charge in [0, 0.05) is 0 Å². The molecule has 10 heteroatoms. The molecule has 16 heavy (non-hydrogen) atoms. The van der Waals surface area contributed by atoms with E-state index in [9.17, 15) is 9.13 Å². The SMILES string of the molecule is CCOP(=O)(O)OCCOP(=O)(O)OCC. The molecule has 0 aliphatic rings. The summed E-state index contributed by atoms with van der Waals surface area (Å²) in [5, 5.41) is 0. The van der Waals surface area contributed by atoms with E-state index in [1.165, 1.54) is 13.8 Å². The lowest BCUT2D eigenvalue weighted by Gasteiger charge is -2.12. The van der Waals surface area contributed by atoms with Crippen molar-refractivity contribution in [1.82, 2.24) is 0 Å². The zero-order valence-corrected chi connectivity index (χ0v) is 10.9. The normalized spacial score (nSPS) is 19.0. The van der Waals surface area contributed by atoms with E-state index in [1.807, 2.05) is 0 Å². The molecule has 0 bridgehead atoms. The first-order valence-electron chi connectivity index (χ1n) is 4.56. The summed E-state index contributed by atoms with van der Waals surface area (Å²) in [6, 6.07) is 0. The first kappa shape index (κ1) is 16.2. The second-order valence-corrected chi connectivity index (χ2v) is 5.35. The average molecular weight is 278 g/mol. The Labute approximate surface area is 93.7 Å². The highest BCUT2D eigenvalue weighted by Gasteiger charge is 2.22. The molecule has 0 saturated carbocycles. The Balaban J connectivity index is 3.76. The lowest BCUT2D eigenvalue weighted by atomic mass is 10.8. The van der Waals surface area contributed by atoms with Crippen molar-refractivity contribution in [3.8, 4) is 0 Å². The predicted molar refractivity (Wildman–Crippen MR) is 54.8 cm³/mol. The van der Waals surface area contributed by atoms with Crippen LogP contribution in [0.2, 0.25) is 0 Å². The number of hydrogen-bond donors (Lipinski definition) is 2. The Hall–Kier alpha value is 0.220. The Morgan fingerprint density at radius 3 is 1.38 bits per heavy atom. The number of rotatable bonds is 9. The van der Waals surface area contributed by atoms with Gasteiger partial charge in [-0.3, -0.25) is 18.1 Å². The Morgan fingerprint density at radius 1 is 0.812 bits per heavy atom. The monoisotopic (exact) mass is 278 g/mol. The molecule has 0 amide bonds. The van der Waals surface area contributed by atoms with Crippen molar-refractivity contribution in [3.63, 3.8) is 0 Å². The fourth-order valence-electron chi connectivity index (χ4n) is 0.706.